The summed E-state index contributed by atoms with van der Waals surface area (Å²) in [5, 5.41) is 3.04. The molecule has 3 aromatic carbocycles. The monoisotopic (exact) mass is 655 g/mol. The number of anilines is 1. The van der Waals surface area contributed by atoms with E-state index in [0.717, 1.165) is 48.0 Å². The minimum atomic E-state index is -3.81. The summed E-state index contributed by atoms with van der Waals surface area (Å²) < 4.78 is 27.8. The molecule has 0 aliphatic heterocycles. The fraction of sp³-hybridized carbons (Fsp3) is 0.487. The summed E-state index contributed by atoms with van der Waals surface area (Å²) in [7, 11) is -3.81. The van der Waals surface area contributed by atoms with E-state index in [1.807, 2.05) is 72.8 Å². The number of amides is 2. The molecule has 0 saturated heterocycles. The molecule has 0 radical (unpaired) electrons. The van der Waals surface area contributed by atoms with Gasteiger partial charge in [0.2, 0.25) is 21.8 Å². The summed E-state index contributed by atoms with van der Waals surface area (Å²) in [5.41, 5.74) is 3.76. The maximum absolute atomic E-state index is 14.4. The number of carbonyl (C=O) groups is 2. The van der Waals surface area contributed by atoms with Crippen LogP contribution in [0.1, 0.15) is 75.0 Å². The van der Waals surface area contributed by atoms with Gasteiger partial charge in [0.25, 0.3) is 0 Å². The first-order chi connectivity index (χ1) is 22.6. The number of carbonyl (C=O) groups excluding carboxylic acids is 2. The van der Waals surface area contributed by atoms with Crippen molar-refractivity contribution in [3.05, 3.63) is 102 Å². The highest BCUT2D eigenvalue weighted by Crippen LogP contribution is 2.60. The summed E-state index contributed by atoms with van der Waals surface area (Å²) in [4.78, 5) is 29.7. The van der Waals surface area contributed by atoms with Gasteiger partial charge >= 0.3 is 0 Å². The van der Waals surface area contributed by atoms with Gasteiger partial charge in [-0.3, -0.25) is 13.9 Å². The maximum Gasteiger partial charge on any atom is 0.244 e. The number of sulfonamides is 1. The number of nitrogens with one attached hydrogen (secondary N) is 1. The van der Waals surface area contributed by atoms with Gasteiger partial charge in [0.15, 0.2) is 0 Å². The Hall–Kier alpha value is -3.65. The molecular weight excluding hydrogens is 607 g/mol. The summed E-state index contributed by atoms with van der Waals surface area (Å²) >= 11 is 0. The normalized spacial score (nSPS) is 23.7. The van der Waals surface area contributed by atoms with E-state index in [9.17, 15) is 18.0 Å². The predicted octanol–water partition coefficient (Wildman–Crippen LogP) is 6.48. The van der Waals surface area contributed by atoms with Crippen LogP contribution >= 0.6 is 0 Å². The van der Waals surface area contributed by atoms with Gasteiger partial charge in [0, 0.05) is 19.5 Å². The Labute approximate surface area is 280 Å². The summed E-state index contributed by atoms with van der Waals surface area (Å²) in [5.74, 6) is 1.77. The van der Waals surface area contributed by atoms with Crippen molar-refractivity contribution in [3.63, 3.8) is 0 Å². The van der Waals surface area contributed by atoms with Crippen LogP contribution in [-0.4, -0.2) is 50.5 Å². The van der Waals surface area contributed by atoms with Crippen LogP contribution in [0.25, 0.3) is 0 Å². The summed E-state index contributed by atoms with van der Waals surface area (Å²) in [6.07, 6.45) is 11.0. The van der Waals surface area contributed by atoms with Gasteiger partial charge in [0.05, 0.1) is 11.9 Å². The van der Waals surface area contributed by atoms with E-state index < -0.39 is 28.5 Å². The minimum Gasteiger partial charge on any atom is -0.354 e. The van der Waals surface area contributed by atoms with Gasteiger partial charge in [0.1, 0.15) is 12.6 Å². The smallest absolute Gasteiger partial charge is 0.244 e. The number of hydrogen-bond donors (Lipinski definition) is 1. The molecule has 4 saturated carbocycles. The Morgan fingerprint density at radius 1 is 0.830 bits per heavy atom. The average molecular weight is 656 g/mol. The van der Waals surface area contributed by atoms with Gasteiger partial charge < -0.3 is 10.2 Å². The third-order valence-electron chi connectivity index (χ3n) is 10.8. The van der Waals surface area contributed by atoms with E-state index in [1.54, 1.807) is 4.90 Å². The Morgan fingerprint density at radius 3 is 1.91 bits per heavy atom. The summed E-state index contributed by atoms with van der Waals surface area (Å²) in [6.45, 7) is 2.37. The first-order valence-electron chi connectivity index (χ1n) is 17.4. The van der Waals surface area contributed by atoms with Gasteiger partial charge in [-0.05, 0) is 96.9 Å². The van der Waals surface area contributed by atoms with Gasteiger partial charge in [-0.25, -0.2) is 8.42 Å². The zero-order chi connectivity index (χ0) is 33.0. The SMILES string of the molecule is CCCCNC(=O)[C@@H](Cc1ccccc1)N(Cc1ccccc1)C(=O)CN(c1ccc(C23CC4CC(CC(C4)C2)C3)cc1)S(C)(=O)=O. The van der Waals surface area contributed by atoms with Crippen molar-refractivity contribution in [1.82, 2.24) is 10.2 Å². The lowest BCUT2D eigenvalue weighted by Gasteiger charge is -2.57. The minimum absolute atomic E-state index is 0.181. The van der Waals surface area contributed by atoms with E-state index in [1.165, 1.54) is 48.4 Å². The Balaban J connectivity index is 1.28. The Morgan fingerprint density at radius 2 is 1.38 bits per heavy atom. The van der Waals surface area contributed by atoms with Crippen molar-refractivity contribution in [2.45, 2.75) is 82.7 Å². The fourth-order valence-electron chi connectivity index (χ4n) is 8.90. The molecule has 1 N–H and O–H groups in total. The Kier molecular flexibility index (Phi) is 10.1. The lowest BCUT2D eigenvalue weighted by atomic mass is 9.48. The second kappa shape index (κ2) is 14.2. The highest BCUT2D eigenvalue weighted by atomic mass is 32.2. The molecule has 250 valence electrons. The third kappa shape index (κ3) is 7.75. The van der Waals surface area contributed by atoms with E-state index >= 15 is 0 Å². The van der Waals surface area contributed by atoms with Crippen molar-refractivity contribution in [3.8, 4) is 0 Å². The molecule has 0 spiro atoms. The average Bonchev–Trinajstić information content (AvgIpc) is 3.05. The lowest BCUT2D eigenvalue weighted by Crippen LogP contribution is -2.53. The molecule has 4 bridgehead atoms. The van der Waals surface area contributed by atoms with E-state index in [-0.39, 0.29) is 17.9 Å². The largest absolute Gasteiger partial charge is 0.354 e. The van der Waals surface area contributed by atoms with Crippen LogP contribution in [0.3, 0.4) is 0 Å². The molecule has 4 aliphatic rings. The second-order valence-corrected chi connectivity index (χ2v) is 16.3. The van der Waals surface area contributed by atoms with Crippen LogP contribution in [0, 0.1) is 17.8 Å². The van der Waals surface area contributed by atoms with Crippen molar-refractivity contribution in [1.29, 1.82) is 0 Å². The zero-order valence-corrected chi connectivity index (χ0v) is 28.6. The molecule has 47 heavy (non-hydrogen) atoms. The fourth-order valence-corrected chi connectivity index (χ4v) is 9.75. The number of nitrogens with zero attached hydrogens (tertiary/aromatic N) is 2. The molecule has 3 aromatic rings. The zero-order valence-electron chi connectivity index (χ0n) is 27.8. The van der Waals surface area contributed by atoms with Crippen LogP contribution in [-0.2, 0) is 38.0 Å². The van der Waals surface area contributed by atoms with Crippen molar-refractivity contribution in [2.75, 3.05) is 23.7 Å². The molecule has 2 amide bonds. The van der Waals surface area contributed by atoms with Crippen molar-refractivity contribution in [2.24, 2.45) is 17.8 Å². The van der Waals surface area contributed by atoms with E-state index in [4.69, 9.17) is 0 Å². The standard InChI is InChI=1S/C39H49N3O4S/c1-3-4-19-40-38(44)36(23-29-11-7-5-8-12-29)41(27-30-13-9-6-10-14-30)37(43)28-42(47(2,45)46)35-17-15-34(16-18-35)39-24-31-20-32(25-39)22-33(21-31)26-39/h5-18,31-33,36H,3-4,19-28H2,1-2H3,(H,40,44)/t31?,32?,33?,36-,39?/m1/s1. The van der Waals surface area contributed by atoms with Crippen LogP contribution in [0.15, 0.2) is 84.9 Å². The molecule has 8 heteroatoms. The van der Waals surface area contributed by atoms with Crippen LogP contribution in [0.5, 0.6) is 0 Å². The van der Waals surface area contributed by atoms with Gasteiger partial charge in [-0.2, -0.15) is 0 Å². The first-order valence-corrected chi connectivity index (χ1v) is 19.2. The van der Waals surface area contributed by atoms with Crippen molar-refractivity contribution >= 4 is 27.5 Å². The molecule has 0 aromatic heterocycles. The number of rotatable bonds is 14. The molecule has 0 unspecified atom stereocenters. The molecular formula is C39H49N3O4S. The van der Waals surface area contributed by atoms with Crippen LogP contribution < -0.4 is 9.62 Å². The quantitative estimate of drug-likeness (QED) is 0.202. The molecule has 7 nitrogen and oxygen atoms in total. The van der Waals surface area contributed by atoms with Gasteiger partial charge in [-0.1, -0.05) is 86.1 Å². The van der Waals surface area contributed by atoms with E-state index in [0.29, 0.717) is 18.7 Å². The van der Waals surface area contributed by atoms with Crippen LogP contribution in [0.4, 0.5) is 5.69 Å². The number of unbranched alkanes of at least 4 members (excludes halogenated alkanes) is 1. The molecule has 7 rings (SSSR count). The highest BCUT2D eigenvalue weighted by molar-refractivity contribution is 7.92. The second-order valence-electron chi connectivity index (χ2n) is 14.4. The number of benzene rings is 3. The topological polar surface area (TPSA) is 86.8 Å². The Bertz CT molecular complexity index is 1590. The summed E-state index contributed by atoms with van der Waals surface area (Å²) in [6, 6.07) is 26.4. The van der Waals surface area contributed by atoms with E-state index in [2.05, 4.69) is 24.4 Å². The number of hydrogen-bond acceptors (Lipinski definition) is 4. The lowest BCUT2D eigenvalue weighted by molar-refractivity contribution is -0.140. The molecule has 1 atom stereocenters. The highest BCUT2D eigenvalue weighted by Gasteiger charge is 2.51. The predicted molar refractivity (Wildman–Crippen MR) is 187 cm³/mol. The third-order valence-corrected chi connectivity index (χ3v) is 11.9. The molecule has 4 aliphatic carbocycles. The molecule has 0 heterocycles. The van der Waals surface area contributed by atoms with Gasteiger partial charge in [-0.15, -0.1) is 0 Å². The maximum atomic E-state index is 14.4. The molecule has 4 fully saturated rings. The van der Waals surface area contributed by atoms with Crippen molar-refractivity contribution < 1.29 is 18.0 Å². The first kappa shape index (κ1) is 33.3. The van der Waals surface area contributed by atoms with Crippen LogP contribution in [0.2, 0.25) is 0 Å².